The molecule has 0 aromatic rings. The van der Waals surface area contributed by atoms with Crippen molar-refractivity contribution < 1.29 is 23.8 Å². The van der Waals surface area contributed by atoms with E-state index in [-0.39, 0.29) is 12.3 Å². The molecule has 2 fully saturated rings. The Labute approximate surface area is 113 Å². The van der Waals surface area contributed by atoms with Crippen LogP contribution in [0.3, 0.4) is 0 Å². The van der Waals surface area contributed by atoms with E-state index in [1.54, 1.807) is 34.6 Å². The molecule has 0 aliphatic carbocycles. The van der Waals surface area contributed by atoms with Gasteiger partial charge in [0, 0.05) is 0 Å². The molecule has 2 heterocycles. The van der Waals surface area contributed by atoms with E-state index < -0.39 is 29.7 Å². The second kappa shape index (κ2) is 4.45. The summed E-state index contributed by atoms with van der Waals surface area (Å²) in [5.74, 6) is -0.928. The minimum atomic E-state index is -0.783. The second-order valence-corrected chi connectivity index (χ2v) is 6.42. The number of rotatable bonds is 0. The van der Waals surface area contributed by atoms with Gasteiger partial charge in [-0.1, -0.05) is 0 Å². The van der Waals surface area contributed by atoms with E-state index in [4.69, 9.17) is 14.2 Å². The van der Waals surface area contributed by atoms with E-state index in [0.717, 1.165) is 0 Å². The zero-order valence-electron chi connectivity index (χ0n) is 12.1. The van der Waals surface area contributed by atoms with Crippen molar-refractivity contribution in [3.8, 4) is 0 Å². The third kappa shape index (κ3) is 3.25. The molecule has 2 rings (SSSR count). The van der Waals surface area contributed by atoms with E-state index >= 15 is 0 Å². The van der Waals surface area contributed by atoms with E-state index in [0.29, 0.717) is 6.54 Å². The Balaban J connectivity index is 2.04. The van der Waals surface area contributed by atoms with Gasteiger partial charge in [-0.3, -0.25) is 9.69 Å². The van der Waals surface area contributed by atoms with Crippen molar-refractivity contribution in [2.24, 2.45) is 0 Å². The van der Waals surface area contributed by atoms with Crippen molar-refractivity contribution in [2.45, 2.75) is 58.2 Å². The minimum absolute atomic E-state index is 0.00944. The fraction of sp³-hybridized carbons (Fsp3) is 0.846. The van der Waals surface area contributed by atoms with E-state index in [2.05, 4.69) is 0 Å². The number of hydrogen-bond donors (Lipinski definition) is 0. The van der Waals surface area contributed by atoms with Crippen LogP contribution < -0.4 is 0 Å². The Morgan fingerprint density at radius 3 is 2.58 bits per heavy atom. The molecule has 6 heteroatoms. The van der Waals surface area contributed by atoms with Crippen molar-refractivity contribution >= 4 is 11.9 Å². The standard InChI is InChI=1S/C13H21NO5/c1-12(2,3)19-11(16)14-6-8(15)10-9(7-14)17-13(4,5)18-10/h9-10H,6-7H2,1-5H3/t9-,10-/m1/s1. The van der Waals surface area contributed by atoms with Crippen LogP contribution in [-0.4, -0.2) is 53.5 Å². The summed E-state index contributed by atoms with van der Waals surface area (Å²) in [5.41, 5.74) is -0.580. The van der Waals surface area contributed by atoms with Crippen LogP contribution >= 0.6 is 0 Å². The third-order valence-electron chi connectivity index (χ3n) is 2.90. The lowest BCUT2D eigenvalue weighted by atomic mass is 10.0. The number of ketones is 1. The van der Waals surface area contributed by atoms with Crippen molar-refractivity contribution in [3.05, 3.63) is 0 Å². The molecular weight excluding hydrogens is 250 g/mol. The maximum Gasteiger partial charge on any atom is 0.410 e. The topological polar surface area (TPSA) is 65.1 Å². The number of likely N-dealkylation sites (tertiary alicyclic amines) is 1. The average molecular weight is 271 g/mol. The summed E-state index contributed by atoms with van der Waals surface area (Å²) in [5, 5.41) is 0. The lowest BCUT2D eigenvalue weighted by Crippen LogP contribution is -2.54. The van der Waals surface area contributed by atoms with E-state index in [1.165, 1.54) is 4.90 Å². The molecule has 0 radical (unpaired) electrons. The first-order chi connectivity index (χ1) is 8.57. The van der Waals surface area contributed by atoms with Crippen molar-refractivity contribution in [3.63, 3.8) is 0 Å². The number of ether oxygens (including phenoxy) is 3. The third-order valence-corrected chi connectivity index (χ3v) is 2.90. The molecule has 0 saturated carbocycles. The molecule has 0 aromatic heterocycles. The molecule has 0 unspecified atom stereocenters. The van der Waals surface area contributed by atoms with Crippen LogP contribution in [0.2, 0.25) is 0 Å². The summed E-state index contributed by atoms with van der Waals surface area (Å²) in [6.45, 7) is 9.21. The van der Waals surface area contributed by atoms with Gasteiger partial charge in [0.1, 0.15) is 17.8 Å². The van der Waals surface area contributed by atoms with Gasteiger partial charge >= 0.3 is 6.09 Å². The number of piperidine rings is 1. The van der Waals surface area contributed by atoms with Crippen LogP contribution in [0.1, 0.15) is 34.6 Å². The molecule has 6 nitrogen and oxygen atoms in total. The van der Waals surface area contributed by atoms with Gasteiger partial charge in [0.15, 0.2) is 11.6 Å². The number of carbonyl (C=O) groups is 2. The van der Waals surface area contributed by atoms with Gasteiger partial charge in [0.2, 0.25) is 0 Å². The van der Waals surface area contributed by atoms with E-state index in [9.17, 15) is 9.59 Å². The second-order valence-electron chi connectivity index (χ2n) is 6.42. The highest BCUT2D eigenvalue weighted by atomic mass is 16.8. The number of carbonyl (C=O) groups excluding carboxylic acids is 2. The maximum absolute atomic E-state index is 12.0. The summed E-state index contributed by atoms with van der Waals surface area (Å²) in [7, 11) is 0. The Bertz CT molecular complexity index is 398. The van der Waals surface area contributed by atoms with E-state index in [1.807, 2.05) is 0 Å². The monoisotopic (exact) mass is 271 g/mol. The van der Waals surface area contributed by atoms with Gasteiger partial charge in [0.25, 0.3) is 0 Å². The van der Waals surface area contributed by atoms with Crippen molar-refractivity contribution in [1.29, 1.82) is 0 Å². The summed E-state index contributed by atoms with van der Waals surface area (Å²) < 4.78 is 16.4. The first-order valence-corrected chi connectivity index (χ1v) is 6.44. The molecule has 2 aliphatic heterocycles. The molecule has 0 spiro atoms. The molecule has 19 heavy (non-hydrogen) atoms. The van der Waals surface area contributed by atoms with Crippen LogP contribution in [0.15, 0.2) is 0 Å². The number of fused-ring (bicyclic) bond motifs is 1. The van der Waals surface area contributed by atoms with Gasteiger partial charge in [-0.15, -0.1) is 0 Å². The van der Waals surface area contributed by atoms with Gasteiger partial charge < -0.3 is 14.2 Å². The van der Waals surface area contributed by atoms with Crippen LogP contribution in [0.25, 0.3) is 0 Å². The largest absolute Gasteiger partial charge is 0.444 e. The lowest BCUT2D eigenvalue weighted by molar-refractivity contribution is -0.152. The van der Waals surface area contributed by atoms with Gasteiger partial charge in [-0.25, -0.2) is 4.79 Å². The van der Waals surface area contributed by atoms with Gasteiger partial charge in [-0.05, 0) is 34.6 Å². The molecule has 2 saturated heterocycles. The molecule has 1 amide bonds. The lowest BCUT2D eigenvalue weighted by Gasteiger charge is -2.33. The summed E-state index contributed by atoms with van der Waals surface area (Å²) in [6.07, 6.45) is -1.48. The molecular formula is C13H21NO5. The molecule has 2 aliphatic rings. The molecule has 2 atom stereocenters. The van der Waals surface area contributed by atoms with Crippen molar-refractivity contribution in [1.82, 2.24) is 4.90 Å². The SMILES string of the molecule is CC(C)(C)OC(=O)N1CC(=O)[C@H]2OC(C)(C)O[C@@H]2C1. The zero-order chi connectivity index (χ0) is 14.4. The highest BCUT2D eigenvalue weighted by Crippen LogP contribution is 2.31. The van der Waals surface area contributed by atoms with Gasteiger partial charge in [0.05, 0.1) is 13.1 Å². The Morgan fingerprint density at radius 1 is 1.37 bits per heavy atom. The van der Waals surface area contributed by atoms with Crippen LogP contribution in [0.5, 0.6) is 0 Å². The fourth-order valence-electron chi connectivity index (χ4n) is 2.27. The average Bonchev–Trinajstić information content (AvgIpc) is 2.50. The maximum atomic E-state index is 12.0. The normalized spacial score (nSPS) is 30.2. The fourth-order valence-corrected chi connectivity index (χ4v) is 2.27. The Kier molecular flexibility index (Phi) is 3.35. The smallest absolute Gasteiger partial charge is 0.410 e. The molecule has 0 aromatic carbocycles. The number of Topliss-reactive ketones (excluding diaryl/α,β-unsaturated/α-hetero) is 1. The van der Waals surface area contributed by atoms with Crippen LogP contribution in [0, 0.1) is 0 Å². The molecule has 0 N–H and O–H groups in total. The van der Waals surface area contributed by atoms with Gasteiger partial charge in [-0.2, -0.15) is 0 Å². The summed E-state index contributed by atoms with van der Waals surface area (Å²) in [6, 6.07) is 0. The van der Waals surface area contributed by atoms with Crippen molar-refractivity contribution in [2.75, 3.05) is 13.1 Å². The molecule has 0 bridgehead atoms. The summed E-state index contributed by atoms with van der Waals surface area (Å²) >= 11 is 0. The first-order valence-electron chi connectivity index (χ1n) is 6.44. The zero-order valence-corrected chi connectivity index (χ0v) is 12.1. The first kappa shape index (κ1) is 14.3. The summed E-state index contributed by atoms with van der Waals surface area (Å²) in [4.78, 5) is 25.3. The van der Waals surface area contributed by atoms with Crippen LogP contribution in [-0.2, 0) is 19.0 Å². The number of amides is 1. The highest BCUT2D eigenvalue weighted by molar-refractivity contribution is 5.89. The Morgan fingerprint density at radius 2 is 2.00 bits per heavy atom. The number of hydrogen-bond acceptors (Lipinski definition) is 5. The number of nitrogens with zero attached hydrogens (tertiary/aromatic N) is 1. The predicted molar refractivity (Wildman–Crippen MR) is 66.6 cm³/mol. The minimum Gasteiger partial charge on any atom is -0.444 e. The Hall–Kier alpha value is -1.14. The highest BCUT2D eigenvalue weighted by Gasteiger charge is 2.49. The van der Waals surface area contributed by atoms with Crippen LogP contribution in [0.4, 0.5) is 4.79 Å². The quantitative estimate of drug-likeness (QED) is 0.665. The molecule has 108 valence electrons. The predicted octanol–water partition coefficient (Wildman–Crippen LogP) is 1.33.